The highest BCUT2D eigenvalue weighted by Gasteiger charge is 2.19. The number of rotatable bonds is 15. The maximum atomic E-state index is 12.8. The van der Waals surface area contributed by atoms with Gasteiger partial charge >= 0.3 is 0 Å². The summed E-state index contributed by atoms with van der Waals surface area (Å²) >= 11 is 0. The largest absolute Gasteiger partial charge is 0.369 e. The Morgan fingerprint density at radius 2 is 1.76 bits per heavy atom. The van der Waals surface area contributed by atoms with Crippen molar-refractivity contribution >= 4 is 5.82 Å². The molecule has 2 rings (SSSR count). The number of hydrogen-bond acceptors (Lipinski definition) is 2. The summed E-state index contributed by atoms with van der Waals surface area (Å²) in [6.45, 7) is 4.83. The first-order valence-corrected chi connectivity index (χ1v) is 11.2. The van der Waals surface area contributed by atoms with Crippen LogP contribution in [0.15, 0.2) is 42.6 Å². The van der Waals surface area contributed by atoms with E-state index in [4.69, 9.17) is 0 Å². The van der Waals surface area contributed by atoms with Crippen molar-refractivity contribution in [3.63, 3.8) is 0 Å². The molecule has 5 heteroatoms. The summed E-state index contributed by atoms with van der Waals surface area (Å²) in [4.78, 5) is 0. The van der Waals surface area contributed by atoms with Crippen molar-refractivity contribution in [2.75, 3.05) is 11.9 Å². The number of unbranched alkanes of at least 4 members (excludes halogenated alkanes) is 3. The lowest BCUT2D eigenvalue weighted by atomic mass is 9.89. The molecule has 0 saturated heterocycles. The number of anilines is 1. The molecule has 0 amide bonds. The smallest absolute Gasteiger partial charge is 0.245 e. The van der Waals surface area contributed by atoms with Gasteiger partial charge in [-0.1, -0.05) is 56.5 Å². The third-order valence-electron chi connectivity index (χ3n) is 5.36. The molecule has 0 aliphatic heterocycles. The number of benzene rings is 1. The summed E-state index contributed by atoms with van der Waals surface area (Å²) in [5.41, 5.74) is 1.47. The lowest BCUT2D eigenvalue weighted by molar-refractivity contribution is 0.0102. The lowest BCUT2D eigenvalue weighted by Crippen LogP contribution is -2.10. The topological polar surface area (TPSA) is 29.9 Å². The van der Waals surface area contributed by atoms with E-state index in [0.29, 0.717) is 18.9 Å². The molecule has 0 radical (unpaired) electrons. The molecule has 162 valence electrons. The number of aryl methyl sites for hydroxylation is 1. The molecule has 0 spiro atoms. The molecule has 0 fully saturated rings. The number of halogens is 2. The Hall–Kier alpha value is -1.91. The van der Waals surface area contributed by atoms with E-state index in [1.807, 2.05) is 16.9 Å². The highest BCUT2D eigenvalue weighted by molar-refractivity contribution is 5.31. The monoisotopic (exact) mass is 405 g/mol. The van der Waals surface area contributed by atoms with Crippen molar-refractivity contribution in [1.29, 1.82) is 0 Å². The van der Waals surface area contributed by atoms with Gasteiger partial charge in [-0.05, 0) is 50.5 Å². The predicted molar refractivity (Wildman–Crippen MR) is 118 cm³/mol. The standard InChI is InChI=1S/C24H37F2N3/c1-3-4-12-21(22-13-6-5-7-14-22)15-8-10-18-27-23-16-20-29(28-23)19-11-9-17-24(2,25)26/h5-7,13-14,16,20-21H,3-4,8-12,15,17-19H2,1-2H3,(H,27,28). The van der Waals surface area contributed by atoms with Crippen LogP contribution in [0.25, 0.3) is 0 Å². The Morgan fingerprint density at radius 1 is 1.00 bits per heavy atom. The van der Waals surface area contributed by atoms with Gasteiger partial charge in [-0.2, -0.15) is 5.10 Å². The average Bonchev–Trinajstić information content (AvgIpc) is 3.15. The van der Waals surface area contributed by atoms with Gasteiger partial charge in [0.1, 0.15) is 5.82 Å². The third-order valence-corrected chi connectivity index (χ3v) is 5.36. The van der Waals surface area contributed by atoms with Crippen molar-refractivity contribution in [2.24, 2.45) is 0 Å². The Morgan fingerprint density at radius 3 is 2.48 bits per heavy atom. The van der Waals surface area contributed by atoms with Crippen molar-refractivity contribution in [3.8, 4) is 0 Å². The number of aromatic nitrogens is 2. The molecule has 0 bridgehead atoms. The molecule has 2 aromatic rings. The summed E-state index contributed by atoms with van der Waals surface area (Å²) < 4.78 is 27.5. The average molecular weight is 406 g/mol. The molecule has 1 unspecified atom stereocenters. The second-order valence-corrected chi connectivity index (χ2v) is 8.16. The van der Waals surface area contributed by atoms with Gasteiger partial charge in [0.2, 0.25) is 5.92 Å². The molecular weight excluding hydrogens is 368 g/mol. The van der Waals surface area contributed by atoms with Crippen LogP contribution in [0.3, 0.4) is 0 Å². The zero-order valence-electron chi connectivity index (χ0n) is 18.0. The number of nitrogens with zero attached hydrogens (tertiary/aromatic N) is 2. The summed E-state index contributed by atoms with van der Waals surface area (Å²) in [6.07, 6.45) is 10.4. The zero-order valence-corrected chi connectivity index (χ0v) is 18.0. The van der Waals surface area contributed by atoms with Crippen LogP contribution in [0.2, 0.25) is 0 Å². The van der Waals surface area contributed by atoms with E-state index in [2.05, 4.69) is 47.7 Å². The van der Waals surface area contributed by atoms with E-state index >= 15 is 0 Å². The van der Waals surface area contributed by atoms with Gasteiger partial charge in [0.05, 0.1) is 0 Å². The quantitative estimate of drug-likeness (QED) is 0.316. The molecule has 1 heterocycles. The molecule has 1 N–H and O–H groups in total. The summed E-state index contributed by atoms with van der Waals surface area (Å²) in [6, 6.07) is 12.8. The molecule has 1 atom stereocenters. The van der Waals surface area contributed by atoms with E-state index in [1.54, 1.807) is 0 Å². The molecule has 0 saturated carbocycles. The van der Waals surface area contributed by atoms with E-state index in [1.165, 1.54) is 37.7 Å². The first-order valence-electron chi connectivity index (χ1n) is 11.2. The predicted octanol–water partition coefficient (Wildman–Crippen LogP) is 7.26. The van der Waals surface area contributed by atoms with Crippen LogP contribution in [0.5, 0.6) is 0 Å². The highest BCUT2D eigenvalue weighted by Crippen LogP contribution is 2.27. The van der Waals surface area contributed by atoms with Crippen molar-refractivity contribution in [1.82, 2.24) is 9.78 Å². The van der Waals surface area contributed by atoms with Gasteiger partial charge < -0.3 is 5.32 Å². The first-order chi connectivity index (χ1) is 14.0. The second-order valence-electron chi connectivity index (χ2n) is 8.16. The van der Waals surface area contributed by atoms with E-state index in [-0.39, 0.29) is 6.42 Å². The van der Waals surface area contributed by atoms with Gasteiger partial charge in [0, 0.05) is 31.8 Å². The van der Waals surface area contributed by atoms with Gasteiger partial charge in [-0.15, -0.1) is 0 Å². The Bertz CT molecular complexity index is 664. The fourth-order valence-electron chi connectivity index (χ4n) is 3.68. The third kappa shape index (κ3) is 9.91. The van der Waals surface area contributed by atoms with Crippen molar-refractivity contribution in [2.45, 2.75) is 90.0 Å². The van der Waals surface area contributed by atoms with Crippen LogP contribution in [-0.4, -0.2) is 22.2 Å². The Balaban J connectivity index is 1.63. The fraction of sp³-hybridized carbons (Fsp3) is 0.625. The minimum absolute atomic E-state index is 0.0540. The van der Waals surface area contributed by atoms with Crippen LogP contribution < -0.4 is 5.32 Å². The Kier molecular flexibility index (Phi) is 10.2. The van der Waals surface area contributed by atoms with Gasteiger partial charge in [-0.3, -0.25) is 4.68 Å². The summed E-state index contributed by atoms with van der Waals surface area (Å²) in [5, 5.41) is 7.87. The fourth-order valence-corrected chi connectivity index (χ4v) is 3.68. The maximum Gasteiger partial charge on any atom is 0.245 e. The minimum atomic E-state index is -2.56. The molecule has 1 aromatic carbocycles. The Labute approximate surface area is 174 Å². The number of alkyl halides is 2. The summed E-state index contributed by atoms with van der Waals surface area (Å²) in [5.74, 6) is -1.03. The van der Waals surface area contributed by atoms with Gasteiger partial charge in [-0.25, -0.2) is 8.78 Å². The molecule has 0 aliphatic carbocycles. The number of hydrogen-bond donors (Lipinski definition) is 1. The maximum absolute atomic E-state index is 12.8. The lowest BCUT2D eigenvalue weighted by Gasteiger charge is -2.17. The second kappa shape index (κ2) is 12.6. The van der Waals surface area contributed by atoms with E-state index < -0.39 is 5.92 Å². The minimum Gasteiger partial charge on any atom is -0.369 e. The van der Waals surface area contributed by atoms with Crippen LogP contribution in [0.4, 0.5) is 14.6 Å². The van der Waals surface area contributed by atoms with Crippen LogP contribution >= 0.6 is 0 Å². The first kappa shape index (κ1) is 23.4. The summed E-state index contributed by atoms with van der Waals surface area (Å²) in [7, 11) is 0. The molecule has 1 aromatic heterocycles. The molecule has 29 heavy (non-hydrogen) atoms. The van der Waals surface area contributed by atoms with E-state index in [9.17, 15) is 8.78 Å². The highest BCUT2D eigenvalue weighted by atomic mass is 19.3. The van der Waals surface area contributed by atoms with Gasteiger partial charge in [0.15, 0.2) is 0 Å². The number of nitrogens with one attached hydrogen (secondary N) is 1. The normalized spacial score (nSPS) is 12.8. The van der Waals surface area contributed by atoms with E-state index in [0.717, 1.165) is 32.1 Å². The van der Waals surface area contributed by atoms with Crippen molar-refractivity contribution in [3.05, 3.63) is 48.2 Å². The van der Waals surface area contributed by atoms with Crippen molar-refractivity contribution < 1.29 is 8.78 Å². The zero-order chi connectivity index (χ0) is 21.0. The molecule has 3 nitrogen and oxygen atoms in total. The molecule has 0 aliphatic rings. The van der Waals surface area contributed by atoms with Gasteiger partial charge in [0.25, 0.3) is 0 Å². The van der Waals surface area contributed by atoms with Crippen LogP contribution in [0.1, 0.15) is 83.1 Å². The molecular formula is C24H37F2N3. The van der Waals surface area contributed by atoms with Crippen LogP contribution in [-0.2, 0) is 6.54 Å². The SMILES string of the molecule is CCCCC(CCCCNc1ccn(CCCCC(C)(F)F)n1)c1ccccc1. The van der Waals surface area contributed by atoms with Crippen LogP contribution in [0, 0.1) is 0 Å².